The van der Waals surface area contributed by atoms with Crippen LogP contribution in [0.4, 0.5) is 0 Å². The molecule has 0 spiro atoms. The Morgan fingerprint density at radius 1 is 0.471 bits per heavy atom. The Morgan fingerprint density at radius 3 is 1.12 bits per heavy atom. The first-order valence-corrected chi connectivity index (χ1v) is 11.8. The van der Waals surface area contributed by atoms with Crippen LogP contribution in [0.3, 0.4) is 0 Å². The van der Waals surface area contributed by atoms with E-state index in [-0.39, 0.29) is 22.3 Å². The third kappa shape index (κ3) is 4.09. The van der Waals surface area contributed by atoms with Crippen LogP contribution in [0.1, 0.15) is 61.1 Å². The lowest BCUT2D eigenvalue weighted by Crippen LogP contribution is -2.20. The zero-order chi connectivity index (χ0) is 24.7. The molecule has 174 valence electrons. The summed E-state index contributed by atoms with van der Waals surface area (Å²) in [5, 5.41) is 22.3. The highest BCUT2D eigenvalue weighted by Gasteiger charge is 2.28. The van der Waals surface area contributed by atoms with E-state index in [4.69, 9.17) is 0 Å². The maximum absolute atomic E-state index is 11.1. The molecule has 0 heterocycles. The SMILES string of the molecule is Cc1cc(C(C)(C)c2ccccc2)cc(-c2cc(C(C)(C)c3ccccc3)cc(C)c2O)c1O. The first kappa shape index (κ1) is 23.6. The first-order chi connectivity index (χ1) is 16.0. The van der Waals surface area contributed by atoms with Crippen LogP contribution in [0.25, 0.3) is 11.1 Å². The normalized spacial score (nSPS) is 12.1. The van der Waals surface area contributed by atoms with Gasteiger partial charge in [-0.05, 0) is 59.4 Å². The summed E-state index contributed by atoms with van der Waals surface area (Å²) in [6, 6.07) is 28.9. The molecule has 2 heteroatoms. The Kier molecular flexibility index (Phi) is 6.03. The van der Waals surface area contributed by atoms with Gasteiger partial charge in [-0.3, -0.25) is 0 Å². The highest BCUT2D eigenvalue weighted by atomic mass is 16.3. The largest absolute Gasteiger partial charge is 0.507 e. The van der Waals surface area contributed by atoms with Crippen LogP contribution in [0.15, 0.2) is 84.9 Å². The van der Waals surface area contributed by atoms with Gasteiger partial charge in [-0.15, -0.1) is 0 Å². The summed E-state index contributed by atoms with van der Waals surface area (Å²) in [5.41, 5.74) is 6.96. The molecular formula is C32H34O2. The molecule has 0 bridgehead atoms. The molecule has 4 aromatic carbocycles. The fourth-order valence-corrected chi connectivity index (χ4v) is 4.73. The maximum atomic E-state index is 11.1. The molecule has 0 unspecified atom stereocenters. The molecule has 0 aromatic heterocycles. The first-order valence-electron chi connectivity index (χ1n) is 11.8. The maximum Gasteiger partial charge on any atom is 0.126 e. The number of benzene rings is 4. The third-order valence-corrected chi connectivity index (χ3v) is 7.33. The van der Waals surface area contributed by atoms with Gasteiger partial charge in [0, 0.05) is 22.0 Å². The second-order valence-electron chi connectivity index (χ2n) is 10.4. The summed E-state index contributed by atoms with van der Waals surface area (Å²) >= 11 is 0. The standard InChI is InChI=1S/C32H34O2/c1-21-17-25(31(3,4)23-13-9-7-10-14-23)19-27(29(21)33)28-20-26(18-22(2)30(28)34)32(5,6)24-15-11-8-12-16-24/h7-20,33-34H,1-6H3. The minimum absolute atomic E-state index is 0.206. The van der Waals surface area contributed by atoms with Crippen molar-refractivity contribution in [1.29, 1.82) is 0 Å². The average molecular weight is 451 g/mol. The van der Waals surface area contributed by atoms with E-state index in [0.29, 0.717) is 11.1 Å². The smallest absolute Gasteiger partial charge is 0.126 e. The van der Waals surface area contributed by atoms with E-state index in [9.17, 15) is 10.2 Å². The fourth-order valence-electron chi connectivity index (χ4n) is 4.73. The van der Waals surface area contributed by atoms with Crippen molar-refractivity contribution in [1.82, 2.24) is 0 Å². The Balaban J connectivity index is 1.92. The summed E-state index contributed by atoms with van der Waals surface area (Å²) in [6.07, 6.45) is 0. The van der Waals surface area contributed by atoms with Gasteiger partial charge in [-0.2, -0.15) is 0 Å². The second-order valence-corrected chi connectivity index (χ2v) is 10.4. The van der Waals surface area contributed by atoms with Crippen LogP contribution in [-0.4, -0.2) is 10.2 Å². The van der Waals surface area contributed by atoms with Crippen LogP contribution in [0, 0.1) is 13.8 Å². The number of phenols is 2. The van der Waals surface area contributed by atoms with Crippen LogP contribution >= 0.6 is 0 Å². The Morgan fingerprint density at radius 2 is 0.794 bits per heavy atom. The lowest BCUT2D eigenvalue weighted by Gasteiger charge is -2.29. The van der Waals surface area contributed by atoms with Crippen LogP contribution in [0.2, 0.25) is 0 Å². The monoisotopic (exact) mass is 450 g/mol. The number of aromatic hydroxyl groups is 2. The second kappa shape index (κ2) is 8.68. The summed E-state index contributed by atoms with van der Waals surface area (Å²) in [6.45, 7) is 12.6. The Labute approximate surface area is 203 Å². The molecule has 0 saturated heterocycles. The molecule has 0 radical (unpaired) electrons. The minimum atomic E-state index is -0.264. The molecular weight excluding hydrogens is 416 g/mol. The highest BCUT2D eigenvalue weighted by molar-refractivity contribution is 5.79. The molecule has 4 aromatic rings. The van der Waals surface area contributed by atoms with E-state index in [2.05, 4.69) is 76.2 Å². The topological polar surface area (TPSA) is 40.5 Å². The van der Waals surface area contributed by atoms with Crippen molar-refractivity contribution in [2.45, 2.75) is 52.4 Å². The molecule has 0 fully saturated rings. The summed E-state index contributed by atoms with van der Waals surface area (Å²) in [5.74, 6) is 0.411. The molecule has 0 amide bonds. The summed E-state index contributed by atoms with van der Waals surface area (Å²) in [4.78, 5) is 0. The van der Waals surface area contributed by atoms with Gasteiger partial charge in [-0.25, -0.2) is 0 Å². The van der Waals surface area contributed by atoms with Crippen LogP contribution in [0.5, 0.6) is 11.5 Å². The highest BCUT2D eigenvalue weighted by Crippen LogP contribution is 2.45. The lowest BCUT2D eigenvalue weighted by molar-refractivity contribution is 0.463. The van der Waals surface area contributed by atoms with E-state index >= 15 is 0 Å². The molecule has 0 aliphatic rings. The van der Waals surface area contributed by atoms with Crippen molar-refractivity contribution in [2.75, 3.05) is 0 Å². The summed E-state index contributed by atoms with van der Waals surface area (Å²) < 4.78 is 0. The number of rotatable bonds is 5. The van der Waals surface area contributed by atoms with Crippen molar-refractivity contribution in [2.24, 2.45) is 0 Å². The predicted molar refractivity (Wildman–Crippen MR) is 142 cm³/mol. The molecule has 4 rings (SSSR count). The lowest BCUT2D eigenvalue weighted by atomic mass is 9.75. The van der Waals surface area contributed by atoms with E-state index in [0.717, 1.165) is 22.3 Å². The predicted octanol–water partition coefficient (Wildman–Crippen LogP) is 8.03. The minimum Gasteiger partial charge on any atom is -0.507 e. The molecule has 2 nitrogen and oxygen atoms in total. The number of hydrogen-bond donors (Lipinski definition) is 2. The van der Waals surface area contributed by atoms with Crippen molar-refractivity contribution in [3.63, 3.8) is 0 Å². The molecule has 0 aliphatic heterocycles. The van der Waals surface area contributed by atoms with Gasteiger partial charge in [0.05, 0.1) is 0 Å². The zero-order valence-corrected chi connectivity index (χ0v) is 21.0. The Bertz CT molecular complexity index is 1210. The molecule has 0 atom stereocenters. The van der Waals surface area contributed by atoms with Gasteiger partial charge >= 0.3 is 0 Å². The van der Waals surface area contributed by atoms with Gasteiger partial charge in [0.1, 0.15) is 11.5 Å². The van der Waals surface area contributed by atoms with Gasteiger partial charge in [-0.1, -0.05) is 100 Å². The average Bonchev–Trinajstić information content (AvgIpc) is 2.83. The number of aryl methyl sites for hydroxylation is 2. The molecule has 0 aliphatic carbocycles. The van der Waals surface area contributed by atoms with Gasteiger partial charge < -0.3 is 10.2 Å². The van der Waals surface area contributed by atoms with Crippen molar-refractivity contribution in [3.05, 3.63) is 118 Å². The summed E-state index contributed by atoms with van der Waals surface area (Å²) in [7, 11) is 0. The van der Waals surface area contributed by atoms with E-state index < -0.39 is 0 Å². The van der Waals surface area contributed by atoms with Gasteiger partial charge in [0.2, 0.25) is 0 Å². The molecule has 2 N–H and O–H groups in total. The third-order valence-electron chi connectivity index (χ3n) is 7.33. The van der Waals surface area contributed by atoms with E-state index in [1.54, 1.807) is 0 Å². The van der Waals surface area contributed by atoms with E-state index in [1.807, 2.05) is 50.2 Å². The van der Waals surface area contributed by atoms with Crippen LogP contribution < -0.4 is 0 Å². The Hall–Kier alpha value is -3.52. The number of phenolic OH excluding ortho intramolecular Hbond substituents is 2. The quantitative estimate of drug-likeness (QED) is 0.323. The fraction of sp³-hybridized carbons (Fsp3) is 0.250. The van der Waals surface area contributed by atoms with Crippen molar-refractivity contribution < 1.29 is 10.2 Å². The van der Waals surface area contributed by atoms with Gasteiger partial charge in [0.15, 0.2) is 0 Å². The van der Waals surface area contributed by atoms with Crippen molar-refractivity contribution >= 4 is 0 Å². The number of hydrogen-bond acceptors (Lipinski definition) is 2. The van der Waals surface area contributed by atoms with Crippen molar-refractivity contribution in [3.8, 4) is 22.6 Å². The zero-order valence-electron chi connectivity index (χ0n) is 21.0. The molecule has 0 saturated carbocycles. The molecule has 34 heavy (non-hydrogen) atoms. The van der Waals surface area contributed by atoms with E-state index in [1.165, 1.54) is 11.1 Å². The van der Waals surface area contributed by atoms with Crippen LogP contribution in [-0.2, 0) is 10.8 Å². The van der Waals surface area contributed by atoms with Gasteiger partial charge in [0.25, 0.3) is 0 Å².